The fourth-order valence-corrected chi connectivity index (χ4v) is 6.14. The van der Waals surface area contributed by atoms with Gasteiger partial charge >= 0.3 is 6.03 Å². The minimum absolute atomic E-state index is 0.0148. The van der Waals surface area contributed by atoms with Crippen LogP contribution in [0.2, 0.25) is 0 Å². The average Bonchev–Trinajstić information content (AvgIpc) is 2.74. The highest BCUT2D eigenvalue weighted by molar-refractivity contribution is 6.90. The van der Waals surface area contributed by atoms with Gasteiger partial charge < -0.3 is 9.88 Å². The topological polar surface area (TPSA) is 32.3 Å². The fraction of sp³-hybridized carbons (Fsp3) is 0.174. The second-order valence-electron chi connectivity index (χ2n) is 6.51. The first-order chi connectivity index (χ1) is 13.3. The lowest BCUT2D eigenvalue weighted by molar-refractivity contribution is 0.249. The zero-order valence-corrected chi connectivity index (χ0v) is 16.9. The van der Waals surface area contributed by atoms with Gasteiger partial charge in [-0.2, -0.15) is 0 Å². The molecule has 138 valence electrons. The average molecular weight is 375 g/mol. The van der Waals surface area contributed by atoms with Crippen LogP contribution in [0, 0.1) is 0 Å². The molecule has 3 nitrogen and oxygen atoms in total. The maximum absolute atomic E-state index is 13.3. The van der Waals surface area contributed by atoms with Crippen molar-refractivity contribution in [3.8, 4) is 0 Å². The summed E-state index contributed by atoms with van der Waals surface area (Å²) >= 11 is 0. The van der Waals surface area contributed by atoms with E-state index >= 15 is 0 Å². The third-order valence-electron chi connectivity index (χ3n) is 4.55. The largest absolute Gasteiger partial charge is 0.338 e. The molecule has 0 atom stereocenters. The van der Waals surface area contributed by atoms with Gasteiger partial charge in [-0.05, 0) is 28.9 Å². The summed E-state index contributed by atoms with van der Waals surface area (Å²) in [5.41, 5.74) is 0.941. The summed E-state index contributed by atoms with van der Waals surface area (Å²) in [6.07, 6.45) is 2.04. The highest BCUT2D eigenvalue weighted by Crippen LogP contribution is 2.16. The lowest BCUT2D eigenvalue weighted by atomic mass is 10.3. The Morgan fingerprint density at radius 1 is 0.815 bits per heavy atom. The van der Waals surface area contributed by atoms with Crippen molar-refractivity contribution in [3.63, 3.8) is 0 Å². The number of para-hydroxylation sites is 1. The molecule has 0 bridgehead atoms. The molecule has 3 aromatic carbocycles. The van der Waals surface area contributed by atoms with Crippen LogP contribution in [0.3, 0.4) is 0 Å². The lowest BCUT2D eigenvalue weighted by Gasteiger charge is -2.32. The number of carbonyl (C=O) groups is 1. The number of benzene rings is 3. The summed E-state index contributed by atoms with van der Waals surface area (Å²) in [5, 5.41) is 5.56. The van der Waals surface area contributed by atoms with E-state index < -0.39 is 8.96 Å². The van der Waals surface area contributed by atoms with Crippen molar-refractivity contribution in [2.45, 2.75) is 19.8 Å². The molecule has 0 radical (unpaired) electrons. The first-order valence-corrected chi connectivity index (χ1v) is 11.2. The Bertz CT molecular complexity index is 785. The van der Waals surface area contributed by atoms with Crippen LogP contribution < -0.4 is 20.3 Å². The lowest BCUT2D eigenvalue weighted by Crippen LogP contribution is -2.61. The molecule has 0 aliphatic carbocycles. The molecule has 3 rings (SSSR count). The van der Waals surface area contributed by atoms with E-state index in [0.29, 0.717) is 6.54 Å². The summed E-state index contributed by atoms with van der Waals surface area (Å²) in [6.45, 7) is 2.83. The maximum atomic E-state index is 13.3. The van der Waals surface area contributed by atoms with E-state index in [0.717, 1.165) is 18.5 Å². The zero-order chi connectivity index (χ0) is 18.9. The molecule has 27 heavy (non-hydrogen) atoms. The summed E-state index contributed by atoms with van der Waals surface area (Å²) in [7, 11) is -1.98. The number of nitrogens with one attached hydrogen (secondary N) is 1. The van der Waals surface area contributed by atoms with Gasteiger partial charge in [-0.15, -0.1) is 0 Å². The SMILES string of the molecule is CCCCNC(=O)N(c1ccccc1)[SiH](c1ccccc1)c1ccccc1. The van der Waals surface area contributed by atoms with Crippen LogP contribution in [-0.2, 0) is 0 Å². The quantitative estimate of drug-likeness (QED) is 0.498. The summed E-state index contributed by atoms with van der Waals surface area (Å²) < 4.78 is 2.00. The Labute approximate surface area is 163 Å². The molecule has 0 fully saturated rings. The molecule has 0 unspecified atom stereocenters. The first-order valence-electron chi connectivity index (χ1n) is 9.53. The van der Waals surface area contributed by atoms with Gasteiger partial charge in [0.1, 0.15) is 0 Å². The summed E-state index contributed by atoms with van der Waals surface area (Å²) in [5.74, 6) is 0. The zero-order valence-electron chi connectivity index (χ0n) is 15.7. The third-order valence-corrected chi connectivity index (χ3v) is 7.63. The number of nitrogens with zero attached hydrogens (tertiary/aromatic N) is 1. The van der Waals surface area contributed by atoms with Crippen LogP contribution in [0.25, 0.3) is 0 Å². The van der Waals surface area contributed by atoms with Crippen LogP contribution in [0.5, 0.6) is 0 Å². The minimum Gasteiger partial charge on any atom is -0.338 e. The van der Waals surface area contributed by atoms with Crippen LogP contribution in [0.4, 0.5) is 10.5 Å². The first kappa shape index (κ1) is 18.9. The van der Waals surface area contributed by atoms with Gasteiger partial charge in [0, 0.05) is 12.2 Å². The maximum Gasteiger partial charge on any atom is 0.314 e. The third kappa shape index (κ3) is 4.86. The number of unbranched alkanes of at least 4 members (excludes halogenated alkanes) is 1. The van der Waals surface area contributed by atoms with E-state index in [1.54, 1.807) is 0 Å². The van der Waals surface area contributed by atoms with Gasteiger partial charge in [-0.3, -0.25) is 0 Å². The molecule has 0 aliphatic rings. The van der Waals surface area contributed by atoms with Gasteiger partial charge in [0.25, 0.3) is 0 Å². The Morgan fingerprint density at radius 2 is 1.30 bits per heavy atom. The van der Waals surface area contributed by atoms with Crippen molar-refractivity contribution in [2.24, 2.45) is 0 Å². The molecule has 0 aliphatic heterocycles. The predicted octanol–water partition coefficient (Wildman–Crippen LogP) is 3.54. The molecule has 0 heterocycles. The van der Waals surface area contributed by atoms with Gasteiger partial charge in [0.15, 0.2) is 0 Å². The van der Waals surface area contributed by atoms with Crippen molar-refractivity contribution in [1.29, 1.82) is 0 Å². The van der Waals surface area contributed by atoms with Crippen molar-refractivity contribution in [1.82, 2.24) is 5.32 Å². The van der Waals surface area contributed by atoms with E-state index in [4.69, 9.17) is 0 Å². The van der Waals surface area contributed by atoms with Crippen molar-refractivity contribution in [2.75, 3.05) is 11.1 Å². The van der Waals surface area contributed by atoms with Crippen LogP contribution >= 0.6 is 0 Å². The van der Waals surface area contributed by atoms with Crippen molar-refractivity contribution >= 4 is 31.1 Å². The molecule has 3 aromatic rings. The van der Waals surface area contributed by atoms with E-state index in [1.807, 2.05) is 47.0 Å². The number of anilines is 1. The molecule has 0 aromatic heterocycles. The minimum atomic E-state index is -1.98. The Kier molecular flexibility index (Phi) is 6.82. The Hall–Kier alpha value is -2.85. The predicted molar refractivity (Wildman–Crippen MR) is 117 cm³/mol. The number of hydrogen-bond donors (Lipinski definition) is 1. The summed E-state index contributed by atoms with van der Waals surface area (Å²) in [4.78, 5) is 13.3. The monoisotopic (exact) mass is 374 g/mol. The summed E-state index contributed by atoms with van der Waals surface area (Å²) in [6, 6.07) is 30.8. The standard InChI is InChI=1S/C23H26N2OSi/c1-2-3-19-24-23(26)25(20-13-7-4-8-14-20)27(21-15-9-5-10-16-21)22-17-11-6-12-18-22/h4-18,27H,2-3,19H2,1H3,(H,24,26). The van der Waals surface area contributed by atoms with E-state index in [2.05, 4.69) is 60.8 Å². The molecule has 0 saturated heterocycles. The molecule has 0 saturated carbocycles. The van der Waals surface area contributed by atoms with E-state index in [-0.39, 0.29) is 6.03 Å². The second-order valence-corrected chi connectivity index (χ2v) is 9.17. The Balaban J connectivity index is 2.06. The molecular formula is C23H26N2OSi. The van der Waals surface area contributed by atoms with Crippen LogP contribution in [0.1, 0.15) is 19.8 Å². The van der Waals surface area contributed by atoms with Gasteiger partial charge in [-0.25, -0.2) is 4.79 Å². The van der Waals surface area contributed by atoms with Crippen LogP contribution in [-0.4, -0.2) is 21.5 Å². The molecule has 1 N–H and O–H groups in total. The fourth-order valence-electron chi connectivity index (χ4n) is 3.19. The van der Waals surface area contributed by atoms with Gasteiger partial charge in [0.2, 0.25) is 8.96 Å². The highest BCUT2D eigenvalue weighted by atomic mass is 28.3. The smallest absolute Gasteiger partial charge is 0.314 e. The highest BCUT2D eigenvalue weighted by Gasteiger charge is 2.29. The Morgan fingerprint density at radius 3 is 1.78 bits per heavy atom. The van der Waals surface area contributed by atoms with E-state index in [1.165, 1.54) is 10.4 Å². The number of rotatable bonds is 7. The number of carbonyl (C=O) groups excluding carboxylic acids is 1. The molecule has 4 heteroatoms. The number of amides is 2. The second kappa shape index (κ2) is 9.74. The van der Waals surface area contributed by atoms with Gasteiger partial charge in [0.05, 0.1) is 0 Å². The van der Waals surface area contributed by atoms with Crippen molar-refractivity contribution in [3.05, 3.63) is 91.0 Å². The van der Waals surface area contributed by atoms with Crippen molar-refractivity contribution < 1.29 is 4.79 Å². The normalized spacial score (nSPS) is 10.6. The van der Waals surface area contributed by atoms with Gasteiger partial charge in [-0.1, -0.05) is 92.2 Å². The molecular weight excluding hydrogens is 348 g/mol. The van der Waals surface area contributed by atoms with Crippen LogP contribution in [0.15, 0.2) is 91.0 Å². The number of urea groups is 1. The molecule has 0 spiro atoms. The molecule has 2 amide bonds. The van der Waals surface area contributed by atoms with E-state index in [9.17, 15) is 4.79 Å². The number of hydrogen-bond acceptors (Lipinski definition) is 1.